The Labute approximate surface area is 163 Å². The summed E-state index contributed by atoms with van der Waals surface area (Å²) in [5.74, 6) is 3.24. The summed E-state index contributed by atoms with van der Waals surface area (Å²) in [4.78, 5) is 25.1. The summed E-state index contributed by atoms with van der Waals surface area (Å²) in [5, 5.41) is 0. The van der Waals surface area contributed by atoms with Crippen molar-refractivity contribution in [2.45, 2.75) is 78.6 Å². The van der Waals surface area contributed by atoms with E-state index in [1.54, 1.807) is 0 Å². The second-order valence-corrected chi connectivity index (χ2v) is 10.8. The third-order valence-corrected chi connectivity index (χ3v) is 10.2. The Morgan fingerprint density at radius 3 is 2.67 bits per heavy atom. The minimum Gasteiger partial charge on any atom is -0.299 e. The van der Waals surface area contributed by atoms with Crippen LogP contribution in [0.5, 0.6) is 0 Å². The van der Waals surface area contributed by atoms with Crippen LogP contribution in [0.1, 0.15) is 78.6 Å². The molecule has 0 aromatic rings. The van der Waals surface area contributed by atoms with E-state index in [1.807, 2.05) is 13.0 Å². The van der Waals surface area contributed by atoms with Gasteiger partial charge in [0.1, 0.15) is 5.78 Å². The molecule has 0 spiro atoms. The smallest absolute Gasteiger partial charge is 0.156 e. The molecule has 2 nitrogen and oxygen atoms in total. The Bertz CT molecular complexity index is 760. The van der Waals surface area contributed by atoms with Crippen molar-refractivity contribution < 1.29 is 9.59 Å². The average molecular weight is 367 g/mol. The molecule has 0 aliphatic heterocycles. The maximum atomic E-state index is 13.1. The van der Waals surface area contributed by atoms with E-state index in [1.165, 1.54) is 44.1 Å². The summed E-state index contributed by atoms with van der Waals surface area (Å²) >= 11 is 0. The molecule has 3 saturated carbocycles. The van der Waals surface area contributed by atoms with Gasteiger partial charge in [-0.15, -0.1) is 0 Å². The number of allylic oxidation sites excluding steroid dienone is 4. The van der Waals surface area contributed by atoms with Gasteiger partial charge in [-0.2, -0.15) is 0 Å². The highest BCUT2D eigenvalue weighted by molar-refractivity contribution is 5.92. The maximum absolute atomic E-state index is 13.1. The first-order valence-corrected chi connectivity index (χ1v) is 11.3. The van der Waals surface area contributed by atoms with Crippen molar-refractivity contribution in [1.82, 2.24) is 0 Å². The Kier molecular flexibility index (Phi) is 3.76. The van der Waals surface area contributed by atoms with Gasteiger partial charge in [0.15, 0.2) is 5.78 Å². The lowest BCUT2D eigenvalue weighted by atomic mass is 9.45. The second-order valence-electron chi connectivity index (χ2n) is 10.8. The van der Waals surface area contributed by atoms with Crippen LogP contribution in [0, 0.1) is 39.9 Å². The fraction of sp³-hybridized carbons (Fsp3) is 0.760. The van der Waals surface area contributed by atoms with E-state index in [0.29, 0.717) is 41.7 Å². The van der Waals surface area contributed by atoms with Gasteiger partial charge < -0.3 is 0 Å². The molecule has 5 aliphatic rings. The van der Waals surface area contributed by atoms with E-state index in [0.717, 1.165) is 12.8 Å². The lowest BCUT2D eigenvalue weighted by Crippen LogP contribution is -2.54. The van der Waals surface area contributed by atoms with Gasteiger partial charge in [-0.1, -0.05) is 38.8 Å². The number of Topliss-reactive ketones (excluding diaryl/α,β-unsaturated/α-hetero) is 1. The van der Waals surface area contributed by atoms with Crippen LogP contribution in [0.4, 0.5) is 0 Å². The number of rotatable bonds is 1. The zero-order valence-electron chi connectivity index (χ0n) is 17.2. The maximum Gasteiger partial charge on any atom is 0.156 e. The predicted octanol–water partition coefficient (Wildman–Crippen LogP) is 5.67. The summed E-state index contributed by atoms with van der Waals surface area (Å²) in [6, 6.07) is 0. The van der Waals surface area contributed by atoms with Crippen LogP contribution in [0.2, 0.25) is 0 Å². The summed E-state index contributed by atoms with van der Waals surface area (Å²) in [6.45, 7) is 6.79. The van der Waals surface area contributed by atoms with Gasteiger partial charge in [-0.25, -0.2) is 0 Å². The van der Waals surface area contributed by atoms with Gasteiger partial charge in [-0.3, -0.25) is 9.59 Å². The van der Waals surface area contributed by atoms with Crippen molar-refractivity contribution in [3.8, 4) is 0 Å². The van der Waals surface area contributed by atoms with Crippen LogP contribution >= 0.6 is 0 Å². The third-order valence-electron chi connectivity index (χ3n) is 10.2. The normalized spacial score (nSPS) is 50.9. The van der Waals surface area contributed by atoms with E-state index < -0.39 is 0 Å². The molecule has 0 saturated heterocycles. The topological polar surface area (TPSA) is 34.1 Å². The highest BCUT2D eigenvalue weighted by atomic mass is 16.1. The van der Waals surface area contributed by atoms with Crippen LogP contribution < -0.4 is 0 Å². The first-order chi connectivity index (χ1) is 12.8. The minimum absolute atomic E-state index is 0.0612. The SMILES string of the molecule is CC(=O)[C@@]12CCCC[C@@H]1C[C@H]1[C@@H]3C=CC4=CC(=O)CC[C@]4(C)[C@H]3CC[C@@]12C. The van der Waals surface area contributed by atoms with Crippen molar-refractivity contribution in [2.75, 3.05) is 0 Å². The lowest BCUT2D eigenvalue weighted by Gasteiger charge is -2.58. The standard InChI is InChI=1S/C25H34O2/c1-16(26)25-11-5-4-6-18(25)15-22-20-8-7-17-14-19(27)9-12-23(17,2)21(20)10-13-24(22,25)3/h7-8,14,18,20-22H,4-6,9-13,15H2,1-3H3/t18-,20-,21+,22+,23+,24+,25+/m1/s1. The summed E-state index contributed by atoms with van der Waals surface area (Å²) in [5.41, 5.74) is 1.54. The van der Waals surface area contributed by atoms with E-state index >= 15 is 0 Å². The van der Waals surface area contributed by atoms with Gasteiger partial charge in [-0.05, 0) is 91.6 Å². The monoisotopic (exact) mass is 366 g/mol. The molecule has 27 heavy (non-hydrogen) atoms. The predicted molar refractivity (Wildman–Crippen MR) is 107 cm³/mol. The highest BCUT2D eigenvalue weighted by Gasteiger charge is 2.68. The highest BCUT2D eigenvalue weighted by Crippen LogP contribution is 2.73. The van der Waals surface area contributed by atoms with Crippen LogP contribution in [0.25, 0.3) is 0 Å². The molecule has 0 unspecified atom stereocenters. The minimum atomic E-state index is -0.0612. The summed E-state index contributed by atoms with van der Waals surface area (Å²) in [6.07, 6.45) is 16.9. The average Bonchev–Trinajstić information content (AvgIpc) is 2.92. The number of hydrogen-bond acceptors (Lipinski definition) is 2. The van der Waals surface area contributed by atoms with Gasteiger partial charge in [0.25, 0.3) is 0 Å². The Morgan fingerprint density at radius 1 is 1.07 bits per heavy atom. The number of carbonyl (C=O) groups is 2. The van der Waals surface area contributed by atoms with Gasteiger partial charge in [0.05, 0.1) is 0 Å². The molecule has 146 valence electrons. The fourth-order valence-electron chi connectivity index (χ4n) is 8.80. The van der Waals surface area contributed by atoms with Crippen molar-refractivity contribution in [1.29, 1.82) is 0 Å². The number of hydrogen-bond donors (Lipinski definition) is 0. The van der Waals surface area contributed by atoms with Crippen LogP contribution in [-0.4, -0.2) is 11.6 Å². The summed E-state index contributed by atoms with van der Waals surface area (Å²) < 4.78 is 0. The number of carbonyl (C=O) groups excluding carboxylic acids is 2. The Balaban J connectivity index is 1.59. The molecular formula is C25H34O2. The first kappa shape index (κ1) is 17.9. The molecular weight excluding hydrogens is 332 g/mol. The van der Waals surface area contributed by atoms with E-state index in [2.05, 4.69) is 26.0 Å². The molecule has 0 amide bonds. The van der Waals surface area contributed by atoms with Gasteiger partial charge in [0.2, 0.25) is 0 Å². The Morgan fingerprint density at radius 2 is 1.89 bits per heavy atom. The molecule has 3 fully saturated rings. The fourth-order valence-corrected chi connectivity index (χ4v) is 8.80. The van der Waals surface area contributed by atoms with E-state index in [9.17, 15) is 9.59 Å². The van der Waals surface area contributed by atoms with Crippen LogP contribution in [-0.2, 0) is 9.59 Å². The van der Waals surface area contributed by atoms with Crippen molar-refractivity contribution in [3.05, 3.63) is 23.8 Å². The molecule has 0 radical (unpaired) electrons. The molecule has 0 N–H and O–H groups in total. The number of fused-ring (bicyclic) bond motifs is 7. The molecule has 0 aromatic carbocycles. The zero-order valence-corrected chi connectivity index (χ0v) is 17.2. The van der Waals surface area contributed by atoms with E-state index in [4.69, 9.17) is 0 Å². The van der Waals surface area contributed by atoms with Crippen LogP contribution in [0.3, 0.4) is 0 Å². The quantitative estimate of drug-likeness (QED) is 0.599. The molecule has 2 heteroatoms. The van der Waals surface area contributed by atoms with Gasteiger partial charge >= 0.3 is 0 Å². The molecule has 0 heterocycles. The zero-order chi connectivity index (χ0) is 19.0. The Hall–Kier alpha value is -1.18. The number of ketones is 2. The summed E-state index contributed by atoms with van der Waals surface area (Å²) in [7, 11) is 0. The van der Waals surface area contributed by atoms with Crippen molar-refractivity contribution in [3.63, 3.8) is 0 Å². The first-order valence-electron chi connectivity index (χ1n) is 11.3. The molecule has 5 aliphatic carbocycles. The van der Waals surface area contributed by atoms with Crippen LogP contribution in [0.15, 0.2) is 23.8 Å². The third kappa shape index (κ3) is 2.08. The van der Waals surface area contributed by atoms with Crippen molar-refractivity contribution >= 4 is 11.6 Å². The second kappa shape index (κ2) is 5.67. The van der Waals surface area contributed by atoms with E-state index in [-0.39, 0.29) is 16.2 Å². The molecule has 0 bridgehead atoms. The largest absolute Gasteiger partial charge is 0.299 e. The lowest BCUT2D eigenvalue weighted by molar-refractivity contribution is -0.145. The molecule has 0 aromatic heterocycles. The van der Waals surface area contributed by atoms with Crippen molar-refractivity contribution in [2.24, 2.45) is 39.9 Å². The molecule has 7 atom stereocenters. The molecule has 5 rings (SSSR count). The van der Waals surface area contributed by atoms with Gasteiger partial charge in [0, 0.05) is 11.8 Å².